The largest absolute Gasteiger partial charge is 0.386 e. The van der Waals surface area contributed by atoms with Crippen molar-refractivity contribution in [3.05, 3.63) is 35.2 Å². The second kappa shape index (κ2) is 12.9. The highest BCUT2D eigenvalue weighted by molar-refractivity contribution is 14.0. The Morgan fingerprint density at radius 3 is 2.67 bits per heavy atom. The monoisotopic (exact) mass is 504 g/mol. The number of rotatable bonds is 9. The maximum Gasteiger partial charge on any atom is 0.221 e. The number of hydrogen-bond donors (Lipinski definition) is 4. The van der Waals surface area contributed by atoms with E-state index in [1.165, 1.54) is 0 Å². The van der Waals surface area contributed by atoms with Crippen molar-refractivity contribution in [2.45, 2.75) is 32.8 Å². The second-order valence-corrected chi connectivity index (χ2v) is 7.06. The molecule has 0 saturated carbocycles. The molecular weight excluding hydrogens is 475 g/mol. The Morgan fingerprint density at radius 1 is 1.19 bits per heavy atom. The molecule has 1 atom stereocenters. The molecule has 0 aliphatic heterocycles. The highest BCUT2D eigenvalue weighted by Gasteiger charge is 2.11. The van der Waals surface area contributed by atoms with E-state index in [-0.39, 0.29) is 36.4 Å². The van der Waals surface area contributed by atoms with Gasteiger partial charge in [-0.25, -0.2) is 0 Å². The van der Waals surface area contributed by atoms with Gasteiger partial charge in [0.05, 0.1) is 6.54 Å². The molecule has 1 amide bonds. The number of aliphatic imine (C=N–C) groups is 1. The van der Waals surface area contributed by atoms with Gasteiger partial charge in [-0.3, -0.25) is 9.79 Å². The zero-order chi connectivity index (χ0) is 18.8. The van der Waals surface area contributed by atoms with Crippen LogP contribution in [-0.4, -0.2) is 43.2 Å². The zero-order valence-corrected chi connectivity index (χ0v) is 19.0. The molecule has 1 unspecified atom stereocenters. The fourth-order valence-corrected chi connectivity index (χ4v) is 3.47. The Labute approximate surface area is 181 Å². The lowest BCUT2D eigenvalue weighted by atomic mass is 10.2. The molecule has 1 aromatic carbocycles. The first-order valence-electron chi connectivity index (χ1n) is 9.09. The van der Waals surface area contributed by atoms with E-state index in [2.05, 4.69) is 27.0 Å². The van der Waals surface area contributed by atoms with Crippen LogP contribution in [0.1, 0.15) is 37.7 Å². The minimum absolute atomic E-state index is 0. The van der Waals surface area contributed by atoms with Crippen molar-refractivity contribution in [1.29, 1.82) is 0 Å². The molecule has 6 nitrogen and oxygen atoms in total. The number of guanidine groups is 1. The molecule has 27 heavy (non-hydrogen) atoms. The Bertz CT molecular complexity index is 702. The van der Waals surface area contributed by atoms with Gasteiger partial charge in [0.15, 0.2) is 5.96 Å². The first kappa shape index (κ1) is 23.6. The lowest BCUT2D eigenvalue weighted by Crippen LogP contribution is -2.39. The van der Waals surface area contributed by atoms with Gasteiger partial charge in [-0.1, -0.05) is 25.1 Å². The molecule has 0 fully saturated rings. The molecule has 0 bridgehead atoms. The van der Waals surface area contributed by atoms with Crippen molar-refractivity contribution < 1.29 is 9.90 Å². The molecule has 0 radical (unpaired) electrons. The Balaban J connectivity index is 0.00000364. The van der Waals surface area contributed by atoms with Gasteiger partial charge in [0.2, 0.25) is 5.91 Å². The summed E-state index contributed by atoms with van der Waals surface area (Å²) in [6.45, 7) is 6.19. The van der Waals surface area contributed by atoms with Crippen LogP contribution in [0.3, 0.4) is 0 Å². The van der Waals surface area contributed by atoms with Crippen molar-refractivity contribution in [3.8, 4) is 0 Å². The third-order valence-electron chi connectivity index (χ3n) is 3.76. The molecule has 2 aromatic rings. The number of benzene rings is 1. The van der Waals surface area contributed by atoms with Crippen LogP contribution in [0.5, 0.6) is 0 Å². The molecule has 0 aliphatic rings. The number of amides is 1. The van der Waals surface area contributed by atoms with Gasteiger partial charge in [-0.05, 0) is 30.9 Å². The van der Waals surface area contributed by atoms with Crippen LogP contribution in [0.25, 0.3) is 10.1 Å². The highest BCUT2D eigenvalue weighted by Crippen LogP contribution is 2.29. The standard InChI is InChI=1S/C19H28N4O2S.HI/c1-3-10-21-18(25)9-11-22-19(20-4-2)23-13-15(24)17-12-14-7-5-6-8-16(14)26-17;/h5-8,12,15,24H,3-4,9-11,13H2,1-2H3,(H,21,25)(H2,20,22,23);1H. The normalized spacial score (nSPS) is 12.3. The van der Waals surface area contributed by atoms with Gasteiger partial charge in [0.1, 0.15) is 6.10 Å². The smallest absolute Gasteiger partial charge is 0.221 e. The number of hydrogen-bond acceptors (Lipinski definition) is 4. The van der Waals surface area contributed by atoms with Gasteiger partial charge in [-0.2, -0.15) is 0 Å². The molecule has 2 rings (SSSR count). The summed E-state index contributed by atoms with van der Waals surface area (Å²) in [4.78, 5) is 17.0. The average Bonchev–Trinajstić information content (AvgIpc) is 3.08. The fraction of sp³-hybridized carbons (Fsp3) is 0.474. The van der Waals surface area contributed by atoms with E-state index in [1.54, 1.807) is 11.3 Å². The van der Waals surface area contributed by atoms with Crippen LogP contribution >= 0.6 is 35.3 Å². The number of carbonyl (C=O) groups is 1. The SMILES string of the molecule is CCCNC(=O)CCNC(=NCC(O)c1cc2ccccc2s1)NCC.I. The first-order valence-corrected chi connectivity index (χ1v) is 9.91. The van der Waals surface area contributed by atoms with Gasteiger partial charge < -0.3 is 21.1 Å². The predicted molar refractivity (Wildman–Crippen MR) is 124 cm³/mol. The van der Waals surface area contributed by atoms with Crippen molar-refractivity contribution in [1.82, 2.24) is 16.0 Å². The van der Waals surface area contributed by atoms with E-state index in [4.69, 9.17) is 0 Å². The minimum atomic E-state index is -0.643. The number of halogens is 1. The Kier molecular flexibility index (Phi) is 11.3. The van der Waals surface area contributed by atoms with Crippen molar-refractivity contribution in [3.63, 3.8) is 0 Å². The van der Waals surface area contributed by atoms with Gasteiger partial charge in [-0.15, -0.1) is 35.3 Å². The summed E-state index contributed by atoms with van der Waals surface area (Å²) in [5.74, 6) is 0.636. The number of thiophene rings is 1. The second-order valence-electron chi connectivity index (χ2n) is 5.95. The van der Waals surface area contributed by atoms with E-state index in [0.717, 1.165) is 21.4 Å². The van der Waals surface area contributed by atoms with Crippen LogP contribution in [0.4, 0.5) is 0 Å². The summed E-state index contributed by atoms with van der Waals surface area (Å²) in [6.07, 6.45) is 0.679. The number of carbonyl (C=O) groups excluding carboxylic acids is 1. The van der Waals surface area contributed by atoms with Crippen molar-refractivity contribution >= 4 is 57.3 Å². The van der Waals surface area contributed by atoms with Crippen LogP contribution in [0, 0.1) is 0 Å². The maximum absolute atomic E-state index is 11.6. The van der Waals surface area contributed by atoms with Crippen LogP contribution in [0.2, 0.25) is 0 Å². The van der Waals surface area contributed by atoms with E-state index in [9.17, 15) is 9.90 Å². The third-order valence-corrected chi connectivity index (χ3v) is 4.97. The number of fused-ring (bicyclic) bond motifs is 1. The number of nitrogens with one attached hydrogen (secondary N) is 3. The molecule has 1 aromatic heterocycles. The van der Waals surface area contributed by atoms with Crippen LogP contribution in [0.15, 0.2) is 35.3 Å². The summed E-state index contributed by atoms with van der Waals surface area (Å²) < 4.78 is 1.16. The summed E-state index contributed by atoms with van der Waals surface area (Å²) in [7, 11) is 0. The maximum atomic E-state index is 11.6. The molecule has 0 aliphatic carbocycles. The first-order chi connectivity index (χ1) is 12.6. The predicted octanol–water partition coefficient (Wildman–Crippen LogP) is 3.02. The molecule has 150 valence electrons. The lowest BCUT2D eigenvalue weighted by molar-refractivity contribution is -0.120. The minimum Gasteiger partial charge on any atom is -0.386 e. The summed E-state index contributed by atoms with van der Waals surface area (Å²) in [5.41, 5.74) is 0. The quantitative estimate of drug-likeness (QED) is 0.240. The van der Waals surface area contributed by atoms with Gasteiger partial charge in [0.25, 0.3) is 0 Å². The molecule has 4 N–H and O–H groups in total. The van der Waals surface area contributed by atoms with E-state index in [0.29, 0.717) is 32.0 Å². The lowest BCUT2D eigenvalue weighted by Gasteiger charge is -2.12. The van der Waals surface area contributed by atoms with Gasteiger partial charge >= 0.3 is 0 Å². The van der Waals surface area contributed by atoms with Crippen LogP contribution in [-0.2, 0) is 4.79 Å². The highest BCUT2D eigenvalue weighted by atomic mass is 127. The summed E-state index contributed by atoms with van der Waals surface area (Å²) in [6, 6.07) is 10.1. The average molecular weight is 504 g/mol. The summed E-state index contributed by atoms with van der Waals surface area (Å²) >= 11 is 1.59. The van der Waals surface area contributed by atoms with Crippen molar-refractivity contribution in [2.24, 2.45) is 4.99 Å². The van der Waals surface area contributed by atoms with Crippen molar-refractivity contribution in [2.75, 3.05) is 26.2 Å². The number of aliphatic hydroxyl groups excluding tert-OH is 1. The number of aliphatic hydroxyl groups is 1. The van der Waals surface area contributed by atoms with E-state index >= 15 is 0 Å². The molecule has 0 saturated heterocycles. The third kappa shape index (κ3) is 8.02. The molecule has 1 heterocycles. The zero-order valence-electron chi connectivity index (χ0n) is 15.8. The van der Waals surface area contributed by atoms with E-state index < -0.39 is 6.10 Å². The Morgan fingerprint density at radius 2 is 1.96 bits per heavy atom. The van der Waals surface area contributed by atoms with Gasteiger partial charge in [0, 0.05) is 35.6 Å². The van der Waals surface area contributed by atoms with Crippen LogP contribution < -0.4 is 16.0 Å². The van der Waals surface area contributed by atoms with E-state index in [1.807, 2.05) is 38.1 Å². The molecule has 0 spiro atoms. The molecule has 8 heteroatoms. The number of nitrogens with zero attached hydrogens (tertiary/aromatic N) is 1. The fourth-order valence-electron chi connectivity index (χ4n) is 2.42. The summed E-state index contributed by atoms with van der Waals surface area (Å²) in [5, 5.41) is 20.7. The molecular formula is C19H29IN4O2S. The topological polar surface area (TPSA) is 85.8 Å². The Hall–Kier alpha value is -1.39.